The van der Waals surface area contributed by atoms with Crippen LogP contribution in [-0.4, -0.2) is 25.9 Å². The topological polar surface area (TPSA) is 30.5 Å². The van der Waals surface area contributed by atoms with Crippen molar-refractivity contribution in [1.29, 1.82) is 0 Å². The zero-order valence-corrected chi connectivity index (χ0v) is 11.5. The molecule has 1 N–H and O–H groups in total. The number of benzene rings is 1. The van der Waals surface area contributed by atoms with Crippen molar-refractivity contribution in [3.63, 3.8) is 0 Å². The molecule has 3 nitrogen and oxygen atoms in total. The van der Waals surface area contributed by atoms with Gasteiger partial charge in [0.05, 0.1) is 17.7 Å². The molecule has 1 aromatic carbocycles. The summed E-state index contributed by atoms with van der Waals surface area (Å²) in [7, 11) is 0. The molecule has 0 amide bonds. The molecule has 1 unspecified atom stereocenters. The molecule has 1 aromatic rings. The third-order valence-electron chi connectivity index (χ3n) is 2.95. The maximum Gasteiger partial charge on any atom is 0.138 e. The monoisotopic (exact) mass is 269 g/mol. The maximum absolute atomic E-state index is 6.16. The van der Waals surface area contributed by atoms with E-state index in [0.29, 0.717) is 17.7 Å². The van der Waals surface area contributed by atoms with Gasteiger partial charge in [-0.25, -0.2) is 0 Å². The quantitative estimate of drug-likeness (QED) is 0.854. The van der Waals surface area contributed by atoms with E-state index in [9.17, 15) is 0 Å². The van der Waals surface area contributed by atoms with Crippen LogP contribution in [-0.2, 0) is 4.74 Å². The first kappa shape index (κ1) is 13.5. The van der Waals surface area contributed by atoms with Crippen LogP contribution < -0.4 is 10.1 Å². The fraction of sp³-hybridized carbons (Fsp3) is 0.571. The van der Waals surface area contributed by atoms with E-state index in [2.05, 4.69) is 12.2 Å². The largest absolute Gasteiger partial charge is 0.492 e. The number of anilines is 1. The van der Waals surface area contributed by atoms with E-state index in [0.717, 1.165) is 43.9 Å². The van der Waals surface area contributed by atoms with E-state index in [4.69, 9.17) is 21.1 Å². The molecule has 0 saturated carbocycles. The minimum atomic E-state index is 0.333. The summed E-state index contributed by atoms with van der Waals surface area (Å²) in [6, 6.07) is 5.81. The average molecular weight is 270 g/mol. The predicted octanol–water partition coefficient (Wildman–Crippen LogP) is 3.72. The lowest BCUT2D eigenvalue weighted by Gasteiger charge is -2.13. The van der Waals surface area contributed by atoms with Crippen molar-refractivity contribution >= 4 is 17.3 Å². The van der Waals surface area contributed by atoms with Gasteiger partial charge in [0.2, 0.25) is 0 Å². The summed E-state index contributed by atoms with van der Waals surface area (Å²) < 4.78 is 11.1. The van der Waals surface area contributed by atoms with Gasteiger partial charge in [0.1, 0.15) is 5.75 Å². The first-order chi connectivity index (χ1) is 8.79. The summed E-state index contributed by atoms with van der Waals surface area (Å²) in [5, 5.41) is 4.00. The van der Waals surface area contributed by atoms with Crippen LogP contribution in [0.15, 0.2) is 18.2 Å². The van der Waals surface area contributed by atoms with E-state index in [-0.39, 0.29) is 0 Å². The highest BCUT2D eigenvalue weighted by molar-refractivity contribution is 6.32. The predicted molar refractivity (Wildman–Crippen MR) is 74.7 cm³/mol. The minimum Gasteiger partial charge on any atom is -0.492 e. The molecule has 1 aliphatic rings. The summed E-state index contributed by atoms with van der Waals surface area (Å²) in [5.74, 6) is 0.751. The molecule has 0 aromatic heterocycles. The van der Waals surface area contributed by atoms with Crippen LogP contribution in [0.2, 0.25) is 5.02 Å². The smallest absolute Gasteiger partial charge is 0.138 e. The maximum atomic E-state index is 6.16. The Bertz CT molecular complexity index is 378. The van der Waals surface area contributed by atoms with Gasteiger partial charge < -0.3 is 14.8 Å². The molecule has 4 heteroatoms. The van der Waals surface area contributed by atoms with Crippen LogP contribution >= 0.6 is 11.6 Å². The molecular formula is C14H20ClNO2. The number of nitrogens with one attached hydrogen (secondary N) is 1. The second kappa shape index (κ2) is 6.86. The van der Waals surface area contributed by atoms with Gasteiger partial charge in [-0.3, -0.25) is 0 Å². The van der Waals surface area contributed by atoms with Crippen molar-refractivity contribution in [3.8, 4) is 5.75 Å². The van der Waals surface area contributed by atoms with Crippen LogP contribution in [0.25, 0.3) is 0 Å². The first-order valence-corrected chi connectivity index (χ1v) is 6.95. The van der Waals surface area contributed by atoms with Crippen LogP contribution in [0.3, 0.4) is 0 Å². The number of rotatable bonds is 6. The zero-order chi connectivity index (χ0) is 12.8. The second-order valence-corrected chi connectivity index (χ2v) is 4.92. The Balaban J connectivity index is 1.87. The molecule has 0 bridgehead atoms. The molecule has 0 radical (unpaired) electrons. The third-order valence-corrected chi connectivity index (χ3v) is 3.25. The standard InChI is InChI=1S/C14H20ClNO2/c1-2-7-18-14-6-5-11(9-13(14)15)16-10-12-4-3-8-17-12/h5-6,9,12,16H,2-4,7-8,10H2,1H3. The molecule has 1 aliphatic heterocycles. The van der Waals surface area contributed by atoms with Gasteiger partial charge in [-0.1, -0.05) is 18.5 Å². The summed E-state index contributed by atoms with van der Waals surface area (Å²) in [6.07, 6.45) is 3.62. The lowest BCUT2D eigenvalue weighted by atomic mass is 10.2. The summed E-state index contributed by atoms with van der Waals surface area (Å²) >= 11 is 6.16. The van der Waals surface area contributed by atoms with Crippen molar-refractivity contribution in [2.24, 2.45) is 0 Å². The SMILES string of the molecule is CCCOc1ccc(NCC2CCCO2)cc1Cl. The van der Waals surface area contributed by atoms with E-state index in [1.54, 1.807) is 0 Å². The Morgan fingerprint density at radius 2 is 2.39 bits per heavy atom. The molecule has 100 valence electrons. The number of halogens is 1. The molecule has 0 spiro atoms. The fourth-order valence-corrected chi connectivity index (χ4v) is 2.21. The van der Waals surface area contributed by atoms with Gasteiger partial charge in [0.25, 0.3) is 0 Å². The first-order valence-electron chi connectivity index (χ1n) is 6.57. The Hall–Kier alpha value is -0.930. The van der Waals surface area contributed by atoms with E-state index in [1.807, 2.05) is 18.2 Å². The van der Waals surface area contributed by atoms with Gasteiger partial charge >= 0.3 is 0 Å². The molecule has 1 heterocycles. The second-order valence-electron chi connectivity index (χ2n) is 4.51. The Labute approximate surface area is 113 Å². The summed E-state index contributed by atoms with van der Waals surface area (Å²) in [5.41, 5.74) is 1.01. The van der Waals surface area contributed by atoms with Gasteiger partial charge in [-0.15, -0.1) is 0 Å². The summed E-state index contributed by atoms with van der Waals surface area (Å²) in [4.78, 5) is 0. The number of hydrogen-bond donors (Lipinski definition) is 1. The molecule has 1 saturated heterocycles. The van der Waals surface area contributed by atoms with Crippen molar-refractivity contribution in [2.75, 3.05) is 25.1 Å². The van der Waals surface area contributed by atoms with Gasteiger partial charge in [-0.05, 0) is 37.5 Å². The molecule has 1 fully saturated rings. The lowest BCUT2D eigenvalue weighted by Crippen LogP contribution is -2.18. The molecule has 1 atom stereocenters. The van der Waals surface area contributed by atoms with E-state index in [1.165, 1.54) is 0 Å². The van der Waals surface area contributed by atoms with Crippen LogP contribution in [0.5, 0.6) is 5.75 Å². The Kier molecular flexibility index (Phi) is 5.14. The van der Waals surface area contributed by atoms with Gasteiger partial charge in [0.15, 0.2) is 0 Å². The molecular weight excluding hydrogens is 250 g/mol. The van der Waals surface area contributed by atoms with Crippen LogP contribution in [0.4, 0.5) is 5.69 Å². The number of hydrogen-bond acceptors (Lipinski definition) is 3. The van der Waals surface area contributed by atoms with Crippen LogP contribution in [0, 0.1) is 0 Å². The van der Waals surface area contributed by atoms with Crippen LogP contribution in [0.1, 0.15) is 26.2 Å². The fourth-order valence-electron chi connectivity index (χ4n) is 1.98. The Morgan fingerprint density at radius 3 is 3.06 bits per heavy atom. The highest BCUT2D eigenvalue weighted by atomic mass is 35.5. The van der Waals surface area contributed by atoms with Gasteiger partial charge in [-0.2, -0.15) is 0 Å². The minimum absolute atomic E-state index is 0.333. The van der Waals surface area contributed by atoms with Crippen molar-refractivity contribution < 1.29 is 9.47 Å². The Morgan fingerprint density at radius 1 is 1.50 bits per heavy atom. The highest BCUT2D eigenvalue weighted by Crippen LogP contribution is 2.28. The zero-order valence-electron chi connectivity index (χ0n) is 10.7. The normalized spacial score (nSPS) is 18.9. The van der Waals surface area contributed by atoms with Gasteiger partial charge in [0, 0.05) is 18.8 Å². The molecule has 18 heavy (non-hydrogen) atoms. The van der Waals surface area contributed by atoms with E-state index < -0.39 is 0 Å². The van der Waals surface area contributed by atoms with Crippen molar-refractivity contribution in [2.45, 2.75) is 32.3 Å². The van der Waals surface area contributed by atoms with Crippen molar-refractivity contribution in [3.05, 3.63) is 23.2 Å². The number of ether oxygens (including phenoxy) is 2. The average Bonchev–Trinajstić information content (AvgIpc) is 2.88. The summed E-state index contributed by atoms with van der Waals surface area (Å²) in [6.45, 7) is 4.50. The molecule has 0 aliphatic carbocycles. The third kappa shape index (κ3) is 3.79. The van der Waals surface area contributed by atoms with Crippen molar-refractivity contribution in [1.82, 2.24) is 0 Å². The molecule has 2 rings (SSSR count). The highest BCUT2D eigenvalue weighted by Gasteiger charge is 2.14. The van der Waals surface area contributed by atoms with E-state index >= 15 is 0 Å². The lowest BCUT2D eigenvalue weighted by molar-refractivity contribution is 0.120.